The van der Waals surface area contributed by atoms with E-state index in [4.69, 9.17) is 10.0 Å². The topological polar surface area (TPSA) is 40.5 Å². The van der Waals surface area contributed by atoms with Crippen LogP contribution in [-0.4, -0.2) is 17.2 Å². The highest BCUT2D eigenvalue weighted by Crippen LogP contribution is 2.17. The number of benzene rings is 1. The molecule has 0 fully saturated rings. The molecule has 0 amide bonds. The van der Waals surface area contributed by atoms with Crippen LogP contribution in [0.5, 0.6) is 0 Å². The van der Waals surface area contributed by atoms with E-state index in [0.717, 1.165) is 12.1 Å². The summed E-state index contributed by atoms with van der Waals surface area (Å²) in [6.07, 6.45) is 0. The Morgan fingerprint density at radius 2 is 1.79 bits per heavy atom. The standard InChI is InChI=1S/C9H11BF2O2/c1-5(2)9-7(10(13)14)3-6(11)4-8(9)12/h3-5,13-14H,1-2H3. The lowest BCUT2D eigenvalue weighted by Crippen LogP contribution is -2.34. The Morgan fingerprint density at radius 3 is 2.21 bits per heavy atom. The predicted octanol–water partition coefficient (Wildman–Crippen LogP) is 0.768. The molecule has 1 aromatic rings. The average Bonchev–Trinajstić information content (AvgIpc) is 2.01. The van der Waals surface area contributed by atoms with Gasteiger partial charge in [0.05, 0.1) is 0 Å². The molecule has 0 spiro atoms. The van der Waals surface area contributed by atoms with Crippen LogP contribution in [0, 0.1) is 11.6 Å². The summed E-state index contributed by atoms with van der Waals surface area (Å²) >= 11 is 0. The minimum atomic E-state index is -1.85. The van der Waals surface area contributed by atoms with E-state index in [1.165, 1.54) is 0 Å². The van der Waals surface area contributed by atoms with Crippen molar-refractivity contribution in [1.29, 1.82) is 0 Å². The van der Waals surface area contributed by atoms with Gasteiger partial charge in [0.25, 0.3) is 0 Å². The Kier molecular flexibility index (Phi) is 3.23. The highest BCUT2D eigenvalue weighted by molar-refractivity contribution is 6.59. The van der Waals surface area contributed by atoms with Gasteiger partial charge >= 0.3 is 7.12 Å². The van der Waals surface area contributed by atoms with Crippen molar-refractivity contribution in [3.8, 4) is 0 Å². The van der Waals surface area contributed by atoms with E-state index >= 15 is 0 Å². The fourth-order valence-electron chi connectivity index (χ4n) is 1.43. The molecule has 0 radical (unpaired) electrons. The lowest BCUT2D eigenvalue weighted by atomic mass is 9.74. The van der Waals surface area contributed by atoms with Crippen molar-refractivity contribution >= 4 is 12.6 Å². The van der Waals surface area contributed by atoms with E-state index in [9.17, 15) is 8.78 Å². The van der Waals surface area contributed by atoms with Gasteiger partial charge in [-0.3, -0.25) is 0 Å². The average molecular weight is 200 g/mol. The van der Waals surface area contributed by atoms with Crippen LogP contribution in [0.4, 0.5) is 8.78 Å². The molecule has 0 atom stereocenters. The minimum Gasteiger partial charge on any atom is -0.423 e. The molecule has 0 saturated heterocycles. The molecule has 0 aliphatic carbocycles. The molecule has 1 aromatic carbocycles. The zero-order chi connectivity index (χ0) is 10.9. The van der Waals surface area contributed by atoms with Gasteiger partial charge in [-0.05, 0) is 23.0 Å². The van der Waals surface area contributed by atoms with Gasteiger partial charge in [0.15, 0.2) is 0 Å². The van der Waals surface area contributed by atoms with Crippen LogP contribution in [0.2, 0.25) is 0 Å². The zero-order valence-corrected chi connectivity index (χ0v) is 7.96. The first-order valence-electron chi connectivity index (χ1n) is 4.28. The third-order valence-corrected chi connectivity index (χ3v) is 1.98. The number of halogens is 2. The monoisotopic (exact) mass is 200 g/mol. The SMILES string of the molecule is CC(C)c1c(F)cc(F)cc1B(O)O. The quantitative estimate of drug-likeness (QED) is 0.692. The molecular formula is C9H11BF2O2. The third-order valence-electron chi connectivity index (χ3n) is 1.98. The normalized spacial score (nSPS) is 10.8. The molecule has 0 aliphatic heterocycles. The molecule has 0 bridgehead atoms. The molecule has 0 heterocycles. The van der Waals surface area contributed by atoms with Gasteiger partial charge in [-0.2, -0.15) is 0 Å². The Hall–Kier alpha value is -0.935. The summed E-state index contributed by atoms with van der Waals surface area (Å²) in [5.74, 6) is -1.79. The highest BCUT2D eigenvalue weighted by atomic mass is 19.1. The molecule has 2 N–H and O–H groups in total. The molecule has 76 valence electrons. The second kappa shape index (κ2) is 4.06. The lowest BCUT2D eigenvalue weighted by Gasteiger charge is -2.13. The van der Waals surface area contributed by atoms with Crippen molar-refractivity contribution in [2.75, 3.05) is 0 Å². The Bertz CT molecular complexity index is 340. The summed E-state index contributed by atoms with van der Waals surface area (Å²) in [7, 11) is -1.85. The second-order valence-corrected chi connectivity index (χ2v) is 3.42. The van der Waals surface area contributed by atoms with Gasteiger partial charge in [-0.1, -0.05) is 13.8 Å². The van der Waals surface area contributed by atoms with Gasteiger partial charge in [-0.25, -0.2) is 8.78 Å². The van der Waals surface area contributed by atoms with Crippen molar-refractivity contribution in [3.05, 3.63) is 29.3 Å². The Morgan fingerprint density at radius 1 is 1.21 bits per heavy atom. The maximum atomic E-state index is 13.3. The van der Waals surface area contributed by atoms with E-state index in [2.05, 4.69) is 0 Å². The van der Waals surface area contributed by atoms with Gasteiger partial charge in [0.2, 0.25) is 0 Å². The van der Waals surface area contributed by atoms with Crippen LogP contribution >= 0.6 is 0 Å². The fourth-order valence-corrected chi connectivity index (χ4v) is 1.43. The smallest absolute Gasteiger partial charge is 0.423 e. The van der Waals surface area contributed by atoms with Gasteiger partial charge in [0, 0.05) is 6.07 Å². The van der Waals surface area contributed by atoms with Crippen molar-refractivity contribution < 1.29 is 18.8 Å². The second-order valence-electron chi connectivity index (χ2n) is 3.42. The summed E-state index contributed by atoms with van der Waals surface area (Å²) in [4.78, 5) is 0. The Balaban J connectivity index is 3.37. The van der Waals surface area contributed by atoms with E-state index in [1.807, 2.05) is 0 Å². The lowest BCUT2D eigenvalue weighted by molar-refractivity contribution is 0.423. The van der Waals surface area contributed by atoms with Crippen LogP contribution in [0.15, 0.2) is 12.1 Å². The van der Waals surface area contributed by atoms with Crippen molar-refractivity contribution in [1.82, 2.24) is 0 Å². The maximum Gasteiger partial charge on any atom is 0.488 e. The van der Waals surface area contributed by atoms with E-state index in [0.29, 0.717) is 0 Å². The van der Waals surface area contributed by atoms with Gasteiger partial charge in [-0.15, -0.1) is 0 Å². The number of hydrogen-bond donors (Lipinski definition) is 2. The fraction of sp³-hybridized carbons (Fsp3) is 0.333. The molecule has 0 aromatic heterocycles. The number of hydrogen-bond acceptors (Lipinski definition) is 2. The predicted molar refractivity (Wildman–Crippen MR) is 50.3 cm³/mol. The van der Waals surface area contributed by atoms with Gasteiger partial charge < -0.3 is 10.0 Å². The van der Waals surface area contributed by atoms with E-state index in [1.54, 1.807) is 13.8 Å². The van der Waals surface area contributed by atoms with Crippen molar-refractivity contribution in [2.24, 2.45) is 0 Å². The highest BCUT2D eigenvalue weighted by Gasteiger charge is 2.22. The molecule has 0 aliphatic rings. The zero-order valence-electron chi connectivity index (χ0n) is 7.96. The molecule has 2 nitrogen and oxygen atoms in total. The molecule has 1 rings (SSSR count). The molecule has 0 unspecified atom stereocenters. The molecule has 5 heteroatoms. The van der Waals surface area contributed by atoms with Crippen LogP contribution in [0.3, 0.4) is 0 Å². The molecule has 0 saturated carbocycles. The number of rotatable bonds is 2. The van der Waals surface area contributed by atoms with Crippen molar-refractivity contribution in [2.45, 2.75) is 19.8 Å². The van der Waals surface area contributed by atoms with Crippen LogP contribution in [0.1, 0.15) is 25.3 Å². The third kappa shape index (κ3) is 2.11. The van der Waals surface area contributed by atoms with E-state index in [-0.39, 0.29) is 16.9 Å². The summed E-state index contributed by atoms with van der Waals surface area (Å²) < 4.78 is 26.0. The molecule has 14 heavy (non-hydrogen) atoms. The van der Waals surface area contributed by atoms with E-state index < -0.39 is 18.8 Å². The first-order chi connectivity index (χ1) is 6.43. The van der Waals surface area contributed by atoms with Crippen LogP contribution in [0.25, 0.3) is 0 Å². The summed E-state index contributed by atoms with van der Waals surface area (Å²) in [5, 5.41) is 17.8. The summed E-state index contributed by atoms with van der Waals surface area (Å²) in [6, 6.07) is 1.67. The van der Waals surface area contributed by atoms with Gasteiger partial charge in [0.1, 0.15) is 11.6 Å². The minimum absolute atomic E-state index is 0.113. The largest absolute Gasteiger partial charge is 0.488 e. The Labute approximate surface area is 81.3 Å². The van der Waals surface area contributed by atoms with Crippen molar-refractivity contribution in [3.63, 3.8) is 0 Å². The summed E-state index contributed by atoms with van der Waals surface area (Å²) in [6.45, 7) is 3.39. The first-order valence-corrected chi connectivity index (χ1v) is 4.28. The summed E-state index contributed by atoms with van der Waals surface area (Å²) in [5.41, 5.74) is 0.0268. The van der Waals surface area contributed by atoms with Crippen LogP contribution < -0.4 is 5.46 Å². The first kappa shape index (κ1) is 11.1. The maximum absolute atomic E-state index is 13.3. The van der Waals surface area contributed by atoms with Crippen LogP contribution in [-0.2, 0) is 0 Å². The molecular weight excluding hydrogens is 189 g/mol.